The van der Waals surface area contributed by atoms with Gasteiger partial charge in [0.2, 0.25) is 0 Å². The van der Waals surface area contributed by atoms with Crippen molar-refractivity contribution >= 4 is 27.9 Å². The molecular weight excluding hydrogens is 232 g/mol. The van der Waals surface area contributed by atoms with Gasteiger partial charge in [0.15, 0.2) is 10.9 Å². The zero-order valence-electron chi connectivity index (χ0n) is 9.27. The quantitative estimate of drug-likeness (QED) is 0.880. The van der Waals surface area contributed by atoms with Crippen LogP contribution in [0.3, 0.4) is 0 Å². The summed E-state index contributed by atoms with van der Waals surface area (Å²) in [6, 6.07) is 9.90. The smallest absolute Gasteiger partial charge is 0.188 e. The van der Waals surface area contributed by atoms with E-state index in [1.54, 1.807) is 0 Å². The molecule has 0 amide bonds. The van der Waals surface area contributed by atoms with E-state index in [1.807, 2.05) is 30.3 Å². The first-order valence-corrected chi connectivity index (χ1v) is 6.49. The summed E-state index contributed by atoms with van der Waals surface area (Å²) >= 11 is 1.47. The molecule has 1 aliphatic carbocycles. The van der Waals surface area contributed by atoms with Crippen molar-refractivity contribution in [3.05, 3.63) is 40.9 Å². The lowest BCUT2D eigenvalue weighted by atomic mass is 10.0. The molecule has 1 aliphatic rings. The summed E-state index contributed by atoms with van der Waals surface area (Å²) in [5.74, 6) is 0.241. The Morgan fingerprint density at radius 1 is 1.18 bits per heavy atom. The van der Waals surface area contributed by atoms with Crippen molar-refractivity contribution < 1.29 is 4.79 Å². The number of rotatable bonds is 2. The molecule has 3 nitrogen and oxygen atoms in total. The average molecular weight is 244 g/mol. The number of nitrogens with zero attached hydrogens (tertiary/aromatic N) is 1. The first kappa shape index (κ1) is 10.5. The molecule has 0 saturated carbocycles. The lowest BCUT2D eigenvalue weighted by Gasteiger charge is -2.05. The van der Waals surface area contributed by atoms with Crippen molar-refractivity contribution in [1.82, 2.24) is 4.98 Å². The highest BCUT2D eigenvalue weighted by Crippen LogP contribution is 2.31. The van der Waals surface area contributed by atoms with Crippen molar-refractivity contribution in [2.45, 2.75) is 19.3 Å². The van der Waals surface area contributed by atoms with Crippen LogP contribution in [0.1, 0.15) is 28.2 Å². The first-order chi connectivity index (χ1) is 8.33. The highest BCUT2D eigenvalue weighted by molar-refractivity contribution is 7.17. The fraction of sp³-hybridized carbons (Fsp3) is 0.231. The van der Waals surface area contributed by atoms with Gasteiger partial charge in [0.25, 0.3) is 0 Å². The number of thiazole rings is 1. The number of nitrogens with one attached hydrogen (secondary N) is 1. The third-order valence-electron chi connectivity index (χ3n) is 2.79. The third kappa shape index (κ3) is 2.08. The summed E-state index contributed by atoms with van der Waals surface area (Å²) in [5.41, 5.74) is 1.97. The van der Waals surface area contributed by atoms with Gasteiger partial charge in [-0.3, -0.25) is 4.79 Å². The second kappa shape index (κ2) is 4.30. The lowest BCUT2D eigenvalue weighted by Crippen LogP contribution is -2.07. The van der Waals surface area contributed by atoms with Crippen molar-refractivity contribution in [2.24, 2.45) is 0 Å². The van der Waals surface area contributed by atoms with Gasteiger partial charge in [0, 0.05) is 12.1 Å². The van der Waals surface area contributed by atoms with Gasteiger partial charge in [-0.15, -0.1) is 0 Å². The molecule has 1 heterocycles. The van der Waals surface area contributed by atoms with Gasteiger partial charge >= 0.3 is 0 Å². The second-order valence-corrected chi connectivity index (χ2v) is 5.06. The Morgan fingerprint density at radius 2 is 2.00 bits per heavy atom. The van der Waals surface area contributed by atoms with Gasteiger partial charge in [0.1, 0.15) is 0 Å². The molecule has 3 rings (SSSR count). The molecule has 0 bridgehead atoms. The number of benzene rings is 1. The van der Waals surface area contributed by atoms with Gasteiger partial charge in [0.05, 0.1) is 10.6 Å². The minimum Gasteiger partial charge on any atom is -0.332 e. The molecule has 0 saturated heterocycles. The fourth-order valence-electron chi connectivity index (χ4n) is 1.97. The van der Waals surface area contributed by atoms with E-state index in [9.17, 15) is 4.79 Å². The Labute approximate surface area is 104 Å². The van der Waals surface area contributed by atoms with Crippen LogP contribution in [0.4, 0.5) is 10.8 Å². The molecule has 0 spiro atoms. The van der Waals surface area contributed by atoms with Gasteiger partial charge in [-0.25, -0.2) is 4.98 Å². The van der Waals surface area contributed by atoms with Crippen LogP contribution in [0, 0.1) is 0 Å². The lowest BCUT2D eigenvalue weighted by molar-refractivity contribution is 0.0976. The van der Waals surface area contributed by atoms with Crippen molar-refractivity contribution in [2.75, 3.05) is 5.32 Å². The van der Waals surface area contributed by atoms with Crippen molar-refractivity contribution in [1.29, 1.82) is 0 Å². The molecular formula is C13H12N2OS. The Hall–Kier alpha value is -1.68. The predicted octanol–water partition coefficient (Wildman–Crippen LogP) is 3.41. The number of ketones is 1. The summed E-state index contributed by atoms with van der Waals surface area (Å²) in [4.78, 5) is 17.0. The van der Waals surface area contributed by atoms with E-state index in [4.69, 9.17) is 0 Å². The molecule has 1 aromatic carbocycles. The maximum atomic E-state index is 11.7. The summed E-state index contributed by atoms with van der Waals surface area (Å²) in [7, 11) is 0. The van der Waals surface area contributed by atoms with E-state index in [-0.39, 0.29) is 5.78 Å². The van der Waals surface area contributed by atoms with Crippen LogP contribution < -0.4 is 5.32 Å². The summed E-state index contributed by atoms with van der Waals surface area (Å²) in [5, 5.41) is 4.05. The zero-order chi connectivity index (χ0) is 11.7. The van der Waals surface area contributed by atoms with Gasteiger partial charge in [-0.2, -0.15) is 0 Å². The Balaban J connectivity index is 1.88. The number of hydrogen-bond donors (Lipinski definition) is 1. The highest BCUT2D eigenvalue weighted by atomic mass is 32.1. The Bertz CT molecular complexity index is 548. The number of aromatic nitrogens is 1. The number of aryl methyl sites for hydroxylation is 1. The second-order valence-electron chi connectivity index (χ2n) is 4.06. The summed E-state index contributed by atoms with van der Waals surface area (Å²) in [6.07, 6.45) is 2.52. The molecule has 2 aromatic rings. The molecule has 1 aromatic heterocycles. The maximum absolute atomic E-state index is 11.7. The number of Topliss-reactive ketones (excluding diaryl/α,β-unsaturated/α-hetero) is 1. The molecule has 0 radical (unpaired) electrons. The van der Waals surface area contributed by atoms with Gasteiger partial charge in [-0.1, -0.05) is 29.5 Å². The minimum atomic E-state index is 0.241. The topological polar surface area (TPSA) is 42.0 Å². The van der Waals surface area contributed by atoms with Crippen LogP contribution in [-0.2, 0) is 6.42 Å². The molecule has 1 N–H and O–H groups in total. The van der Waals surface area contributed by atoms with Crippen LogP contribution >= 0.6 is 11.3 Å². The van der Waals surface area contributed by atoms with Crippen LogP contribution in [0.5, 0.6) is 0 Å². The highest BCUT2D eigenvalue weighted by Gasteiger charge is 2.21. The number of para-hydroxylation sites is 1. The molecule has 17 heavy (non-hydrogen) atoms. The third-order valence-corrected chi connectivity index (χ3v) is 3.85. The minimum absolute atomic E-state index is 0.241. The zero-order valence-corrected chi connectivity index (χ0v) is 10.1. The van der Waals surface area contributed by atoms with Crippen molar-refractivity contribution in [3.63, 3.8) is 0 Å². The summed E-state index contributed by atoms with van der Waals surface area (Å²) in [6.45, 7) is 0. The number of fused-ring (bicyclic) bond motifs is 1. The van der Waals surface area contributed by atoms with Crippen LogP contribution in [0.15, 0.2) is 30.3 Å². The molecule has 86 valence electrons. The monoisotopic (exact) mass is 244 g/mol. The van der Waals surface area contributed by atoms with E-state index in [0.717, 1.165) is 34.2 Å². The van der Waals surface area contributed by atoms with Crippen LogP contribution in [0.25, 0.3) is 0 Å². The number of carbonyl (C=O) groups is 1. The fourth-order valence-corrected chi connectivity index (χ4v) is 2.97. The number of hydrogen-bond acceptors (Lipinski definition) is 4. The Kier molecular flexibility index (Phi) is 2.65. The molecule has 0 atom stereocenters. The van der Waals surface area contributed by atoms with Crippen molar-refractivity contribution in [3.8, 4) is 0 Å². The molecule has 0 aliphatic heterocycles. The predicted molar refractivity (Wildman–Crippen MR) is 69.1 cm³/mol. The van der Waals surface area contributed by atoms with E-state index in [0.29, 0.717) is 6.42 Å². The maximum Gasteiger partial charge on any atom is 0.188 e. The number of carbonyl (C=O) groups excluding carboxylic acids is 1. The van der Waals surface area contributed by atoms with E-state index in [2.05, 4.69) is 10.3 Å². The largest absolute Gasteiger partial charge is 0.332 e. The SMILES string of the molecule is O=C1CCCc2nc(Nc3ccccc3)sc21. The molecule has 0 fully saturated rings. The summed E-state index contributed by atoms with van der Waals surface area (Å²) < 4.78 is 0. The van der Waals surface area contributed by atoms with E-state index in [1.165, 1.54) is 11.3 Å². The molecule has 4 heteroatoms. The first-order valence-electron chi connectivity index (χ1n) is 5.68. The molecule has 0 unspecified atom stereocenters. The van der Waals surface area contributed by atoms with Gasteiger partial charge in [-0.05, 0) is 25.0 Å². The normalized spacial score (nSPS) is 14.5. The van der Waals surface area contributed by atoms with E-state index >= 15 is 0 Å². The number of anilines is 2. The van der Waals surface area contributed by atoms with E-state index < -0.39 is 0 Å². The average Bonchev–Trinajstić information content (AvgIpc) is 2.74. The van der Waals surface area contributed by atoms with Crippen LogP contribution in [0.2, 0.25) is 0 Å². The van der Waals surface area contributed by atoms with Crippen LogP contribution in [-0.4, -0.2) is 10.8 Å². The Morgan fingerprint density at radius 3 is 2.76 bits per heavy atom. The van der Waals surface area contributed by atoms with Gasteiger partial charge < -0.3 is 5.32 Å². The standard InChI is InChI=1S/C13H12N2OS/c16-11-8-4-7-10-12(11)17-13(15-10)14-9-5-2-1-3-6-9/h1-3,5-6H,4,7-8H2,(H,14,15).